The van der Waals surface area contributed by atoms with Gasteiger partial charge in [0, 0.05) is 18.7 Å². The van der Waals surface area contributed by atoms with Crippen molar-refractivity contribution in [3.05, 3.63) is 29.3 Å². The summed E-state index contributed by atoms with van der Waals surface area (Å²) in [6.45, 7) is 0.500. The lowest BCUT2D eigenvalue weighted by Gasteiger charge is -2.33. The normalized spacial score (nSPS) is 23.3. The van der Waals surface area contributed by atoms with Gasteiger partial charge in [-0.2, -0.15) is 0 Å². The number of methoxy groups -OCH3 is 1. The molecule has 0 bridgehead atoms. The number of terminal acetylenes is 1. The summed E-state index contributed by atoms with van der Waals surface area (Å²) in [7, 11) is 1.54. The van der Waals surface area contributed by atoms with Gasteiger partial charge in [0.15, 0.2) is 0 Å². The molecular weight excluding hydrogens is 296 g/mol. The molecule has 1 aromatic rings. The van der Waals surface area contributed by atoms with E-state index in [2.05, 4.69) is 11.2 Å². The molecule has 0 unspecified atom stereocenters. The second-order valence-electron chi connectivity index (χ2n) is 5.78. The van der Waals surface area contributed by atoms with E-state index in [4.69, 9.17) is 11.2 Å². The van der Waals surface area contributed by atoms with Gasteiger partial charge in [-0.1, -0.05) is 12.0 Å². The number of amides is 3. The summed E-state index contributed by atoms with van der Waals surface area (Å²) in [4.78, 5) is 37.8. The SMILES string of the molecule is C#C[C@]1(CN2CCc3ccc(OC)cc3C2=O)CC(=O)NC1=O. The van der Waals surface area contributed by atoms with Crippen LogP contribution in [0.15, 0.2) is 18.2 Å². The van der Waals surface area contributed by atoms with Crippen LogP contribution in [0.2, 0.25) is 0 Å². The number of carbonyl (C=O) groups excluding carboxylic acids is 3. The van der Waals surface area contributed by atoms with Gasteiger partial charge in [0.2, 0.25) is 11.8 Å². The Morgan fingerprint density at radius 1 is 1.39 bits per heavy atom. The average molecular weight is 312 g/mol. The van der Waals surface area contributed by atoms with E-state index in [1.54, 1.807) is 11.0 Å². The maximum absolute atomic E-state index is 12.7. The van der Waals surface area contributed by atoms with Crippen molar-refractivity contribution in [2.24, 2.45) is 5.41 Å². The Hall–Kier alpha value is -2.81. The van der Waals surface area contributed by atoms with E-state index in [1.165, 1.54) is 7.11 Å². The van der Waals surface area contributed by atoms with Gasteiger partial charge in [-0.15, -0.1) is 6.42 Å². The van der Waals surface area contributed by atoms with Crippen LogP contribution >= 0.6 is 0 Å². The predicted octanol–water partition coefficient (Wildman–Crippen LogP) is 0.360. The Balaban J connectivity index is 1.88. The van der Waals surface area contributed by atoms with Crippen LogP contribution in [-0.2, 0) is 16.0 Å². The predicted molar refractivity (Wildman–Crippen MR) is 81.6 cm³/mol. The fraction of sp³-hybridized carbons (Fsp3) is 0.353. The van der Waals surface area contributed by atoms with Crippen molar-refractivity contribution >= 4 is 17.7 Å². The number of nitrogens with one attached hydrogen (secondary N) is 1. The first-order valence-electron chi connectivity index (χ1n) is 7.27. The standard InChI is InChI=1S/C17H16N2O4/c1-3-17(9-14(20)18-16(17)22)10-19-7-6-11-4-5-12(23-2)8-13(11)15(19)21/h1,4-5,8H,6-7,9-10H2,2H3,(H,18,20,22)/t17-/m1/s1. The lowest BCUT2D eigenvalue weighted by molar-refractivity contribution is -0.127. The summed E-state index contributed by atoms with van der Waals surface area (Å²) in [5.41, 5.74) is 0.213. The lowest BCUT2D eigenvalue weighted by atomic mass is 9.85. The first kappa shape index (κ1) is 15.1. The second-order valence-corrected chi connectivity index (χ2v) is 5.78. The molecule has 2 aliphatic heterocycles. The summed E-state index contributed by atoms with van der Waals surface area (Å²) in [6.07, 6.45) is 6.09. The van der Waals surface area contributed by atoms with Crippen molar-refractivity contribution in [1.29, 1.82) is 0 Å². The summed E-state index contributed by atoms with van der Waals surface area (Å²) >= 11 is 0. The van der Waals surface area contributed by atoms with Gasteiger partial charge >= 0.3 is 0 Å². The Bertz CT molecular complexity index is 749. The number of hydrogen-bond acceptors (Lipinski definition) is 4. The Morgan fingerprint density at radius 3 is 2.78 bits per heavy atom. The van der Waals surface area contributed by atoms with Crippen molar-refractivity contribution in [3.8, 4) is 18.1 Å². The number of fused-ring (bicyclic) bond motifs is 1. The summed E-state index contributed by atoms with van der Waals surface area (Å²) in [6, 6.07) is 5.37. The fourth-order valence-electron chi connectivity index (χ4n) is 3.04. The van der Waals surface area contributed by atoms with Crippen molar-refractivity contribution in [1.82, 2.24) is 10.2 Å². The van der Waals surface area contributed by atoms with Gasteiger partial charge in [0.25, 0.3) is 5.91 Å². The number of ether oxygens (including phenoxy) is 1. The van der Waals surface area contributed by atoms with Crippen LogP contribution in [0.4, 0.5) is 0 Å². The minimum Gasteiger partial charge on any atom is -0.497 e. The monoisotopic (exact) mass is 312 g/mol. The number of benzene rings is 1. The second kappa shape index (κ2) is 5.43. The van der Waals surface area contributed by atoms with Crippen LogP contribution in [0.5, 0.6) is 5.75 Å². The van der Waals surface area contributed by atoms with Gasteiger partial charge in [0.1, 0.15) is 11.2 Å². The highest BCUT2D eigenvalue weighted by Crippen LogP contribution is 2.31. The molecule has 1 fully saturated rings. The summed E-state index contributed by atoms with van der Waals surface area (Å²) in [5, 5.41) is 2.22. The largest absolute Gasteiger partial charge is 0.497 e. The fourth-order valence-corrected chi connectivity index (χ4v) is 3.04. The molecule has 0 saturated carbocycles. The molecule has 0 aliphatic carbocycles. The van der Waals surface area contributed by atoms with Gasteiger partial charge in [-0.3, -0.25) is 19.7 Å². The molecule has 2 heterocycles. The van der Waals surface area contributed by atoms with Crippen LogP contribution < -0.4 is 10.1 Å². The summed E-state index contributed by atoms with van der Waals surface area (Å²) < 4.78 is 5.16. The molecule has 0 spiro atoms. The van der Waals surface area contributed by atoms with Gasteiger partial charge < -0.3 is 9.64 Å². The number of imide groups is 1. The van der Waals surface area contributed by atoms with E-state index in [0.717, 1.165) is 5.56 Å². The smallest absolute Gasteiger partial charge is 0.254 e. The van der Waals surface area contributed by atoms with Crippen LogP contribution in [0.1, 0.15) is 22.3 Å². The highest BCUT2D eigenvalue weighted by molar-refractivity contribution is 6.08. The molecule has 3 amide bonds. The van der Waals surface area contributed by atoms with E-state index < -0.39 is 17.2 Å². The molecular formula is C17H16N2O4. The molecule has 23 heavy (non-hydrogen) atoms. The lowest BCUT2D eigenvalue weighted by Crippen LogP contribution is -2.47. The average Bonchev–Trinajstić information content (AvgIpc) is 2.84. The molecule has 3 rings (SSSR count). The molecule has 1 aromatic carbocycles. The van der Waals surface area contributed by atoms with Crippen LogP contribution in [0, 0.1) is 17.8 Å². The molecule has 2 aliphatic rings. The molecule has 0 radical (unpaired) electrons. The Kier molecular flexibility index (Phi) is 3.57. The van der Waals surface area contributed by atoms with Crippen molar-refractivity contribution in [2.75, 3.05) is 20.2 Å². The summed E-state index contributed by atoms with van der Waals surface area (Å²) in [5.74, 6) is 1.91. The zero-order chi connectivity index (χ0) is 16.6. The molecule has 1 N–H and O–H groups in total. The van der Waals surface area contributed by atoms with Gasteiger partial charge in [0.05, 0.1) is 13.5 Å². The van der Waals surface area contributed by atoms with Crippen LogP contribution in [0.3, 0.4) is 0 Å². The number of rotatable bonds is 3. The maximum atomic E-state index is 12.7. The quantitative estimate of drug-likeness (QED) is 0.646. The molecule has 6 nitrogen and oxygen atoms in total. The van der Waals surface area contributed by atoms with E-state index in [0.29, 0.717) is 24.3 Å². The van der Waals surface area contributed by atoms with Gasteiger partial charge in [-0.25, -0.2) is 0 Å². The third-order valence-corrected chi connectivity index (χ3v) is 4.37. The molecule has 6 heteroatoms. The van der Waals surface area contributed by atoms with Crippen molar-refractivity contribution in [3.63, 3.8) is 0 Å². The van der Waals surface area contributed by atoms with Gasteiger partial charge in [-0.05, 0) is 24.1 Å². The molecule has 1 atom stereocenters. The van der Waals surface area contributed by atoms with Crippen LogP contribution in [0.25, 0.3) is 0 Å². The third kappa shape index (κ3) is 2.44. The van der Waals surface area contributed by atoms with Crippen molar-refractivity contribution < 1.29 is 19.1 Å². The molecule has 118 valence electrons. The zero-order valence-electron chi connectivity index (χ0n) is 12.7. The minimum absolute atomic E-state index is 0.0383. The van der Waals surface area contributed by atoms with E-state index in [9.17, 15) is 14.4 Å². The minimum atomic E-state index is -1.27. The number of nitrogens with zero attached hydrogens (tertiary/aromatic N) is 1. The highest BCUT2D eigenvalue weighted by atomic mass is 16.5. The third-order valence-electron chi connectivity index (χ3n) is 4.37. The molecule has 0 aromatic heterocycles. The number of carbonyl (C=O) groups is 3. The number of hydrogen-bond donors (Lipinski definition) is 1. The topological polar surface area (TPSA) is 75.7 Å². The maximum Gasteiger partial charge on any atom is 0.254 e. The molecule has 1 saturated heterocycles. The van der Waals surface area contributed by atoms with Crippen LogP contribution in [-0.4, -0.2) is 42.8 Å². The zero-order valence-corrected chi connectivity index (χ0v) is 12.7. The first-order chi connectivity index (χ1) is 11.0. The van der Waals surface area contributed by atoms with E-state index in [1.807, 2.05) is 12.1 Å². The Labute approximate surface area is 133 Å². The van der Waals surface area contributed by atoms with Crippen molar-refractivity contribution in [2.45, 2.75) is 12.8 Å². The van der Waals surface area contributed by atoms with E-state index in [-0.39, 0.29) is 18.9 Å². The highest BCUT2D eigenvalue weighted by Gasteiger charge is 2.47. The van der Waals surface area contributed by atoms with E-state index >= 15 is 0 Å². The Morgan fingerprint density at radius 2 is 2.17 bits per heavy atom. The first-order valence-corrected chi connectivity index (χ1v) is 7.27.